The van der Waals surface area contributed by atoms with Gasteiger partial charge in [0.15, 0.2) is 0 Å². The van der Waals surface area contributed by atoms with Crippen molar-refractivity contribution >= 4 is 5.82 Å². The molecule has 3 unspecified atom stereocenters. The van der Waals surface area contributed by atoms with Gasteiger partial charge in [0, 0.05) is 29.9 Å². The number of anilines is 1. The Morgan fingerprint density at radius 1 is 1.38 bits per heavy atom. The van der Waals surface area contributed by atoms with Crippen LogP contribution in [0.25, 0.3) is 0 Å². The van der Waals surface area contributed by atoms with Crippen molar-refractivity contribution in [3.05, 3.63) is 23.9 Å². The number of hydrogen-bond donors (Lipinski definition) is 2. The molecule has 3 heterocycles. The zero-order valence-corrected chi connectivity index (χ0v) is 13.1. The molecule has 0 amide bonds. The minimum absolute atomic E-state index is 0.124. The third-order valence-corrected chi connectivity index (χ3v) is 4.94. The number of rotatable bonds is 5. The highest BCUT2D eigenvalue weighted by molar-refractivity contribution is 5.52. The summed E-state index contributed by atoms with van der Waals surface area (Å²) in [6.07, 6.45) is 7.08. The first kappa shape index (κ1) is 14.8. The Hall–Kier alpha value is -1.13. The summed E-state index contributed by atoms with van der Waals surface area (Å²) in [7, 11) is 0. The molecule has 21 heavy (non-hydrogen) atoms. The number of pyridine rings is 1. The van der Waals surface area contributed by atoms with Gasteiger partial charge in [-0.2, -0.15) is 0 Å². The molecule has 2 N–H and O–H groups in total. The van der Waals surface area contributed by atoms with Crippen LogP contribution in [0.2, 0.25) is 0 Å². The molecule has 116 valence electrons. The van der Waals surface area contributed by atoms with E-state index in [2.05, 4.69) is 30.1 Å². The summed E-state index contributed by atoms with van der Waals surface area (Å²) in [5, 5.41) is 13.6. The Balaban J connectivity index is 1.85. The standard InChI is InChI=1S/C17H27N3O/c1-3-8-18-12(2)16-5-4-9-19-17(16)20-13-6-7-14(20)11-15(21)10-13/h4-5,9,12-15,18,21H,3,6-8,10-11H2,1-2H3. The summed E-state index contributed by atoms with van der Waals surface area (Å²) in [6.45, 7) is 5.44. The molecule has 4 nitrogen and oxygen atoms in total. The molecule has 0 aliphatic carbocycles. The first-order valence-corrected chi connectivity index (χ1v) is 8.35. The minimum Gasteiger partial charge on any atom is -0.393 e. The molecule has 3 rings (SSSR count). The van der Waals surface area contributed by atoms with Crippen molar-refractivity contribution in [3.63, 3.8) is 0 Å². The highest BCUT2D eigenvalue weighted by Crippen LogP contribution is 2.40. The second-order valence-corrected chi connectivity index (χ2v) is 6.51. The number of aliphatic hydroxyl groups excluding tert-OH is 1. The fourth-order valence-electron chi connectivity index (χ4n) is 3.93. The molecule has 2 bridgehead atoms. The largest absolute Gasteiger partial charge is 0.393 e. The minimum atomic E-state index is -0.124. The van der Waals surface area contributed by atoms with Crippen LogP contribution < -0.4 is 10.2 Å². The van der Waals surface area contributed by atoms with E-state index in [0.29, 0.717) is 18.1 Å². The predicted molar refractivity (Wildman–Crippen MR) is 85.5 cm³/mol. The van der Waals surface area contributed by atoms with E-state index in [9.17, 15) is 5.11 Å². The monoisotopic (exact) mass is 289 g/mol. The summed E-state index contributed by atoms with van der Waals surface area (Å²) in [5.41, 5.74) is 1.29. The van der Waals surface area contributed by atoms with Crippen LogP contribution in [-0.4, -0.2) is 34.8 Å². The topological polar surface area (TPSA) is 48.4 Å². The number of piperidine rings is 1. The van der Waals surface area contributed by atoms with Crippen LogP contribution in [0.15, 0.2) is 18.3 Å². The number of aliphatic hydroxyl groups is 1. The van der Waals surface area contributed by atoms with E-state index in [1.807, 2.05) is 12.3 Å². The van der Waals surface area contributed by atoms with Crippen molar-refractivity contribution in [2.45, 2.75) is 70.2 Å². The van der Waals surface area contributed by atoms with Crippen molar-refractivity contribution in [2.75, 3.05) is 11.4 Å². The van der Waals surface area contributed by atoms with Crippen LogP contribution in [0.1, 0.15) is 57.6 Å². The van der Waals surface area contributed by atoms with Crippen LogP contribution in [-0.2, 0) is 0 Å². The maximum absolute atomic E-state index is 9.99. The van der Waals surface area contributed by atoms with Gasteiger partial charge in [-0.1, -0.05) is 13.0 Å². The predicted octanol–water partition coefficient (Wildman–Crippen LogP) is 2.63. The quantitative estimate of drug-likeness (QED) is 0.875. The lowest BCUT2D eigenvalue weighted by Gasteiger charge is -2.39. The van der Waals surface area contributed by atoms with Crippen LogP contribution in [0.4, 0.5) is 5.82 Å². The van der Waals surface area contributed by atoms with Gasteiger partial charge in [0.2, 0.25) is 0 Å². The number of fused-ring (bicyclic) bond motifs is 2. The van der Waals surface area contributed by atoms with Crippen LogP contribution >= 0.6 is 0 Å². The average Bonchev–Trinajstić information content (AvgIpc) is 2.76. The third-order valence-electron chi connectivity index (χ3n) is 4.94. The normalized spacial score (nSPS) is 29.7. The summed E-state index contributed by atoms with van der Waals surface area (Å²) in [6, 6.07) is 5.47. The van der Waals surface area contributed by atoms with Gasteiger partial charge in [0.25, 0.3) is 0 Å². The fraction of sp³-hybridized carbons (Fsp3) is 0.706. The molecule has 2 aliphatic rings. The van der Waals surface area contributed by atoms with Gasteiger partial charge in [-0.15, -0.1) is 0 Å². The fourth-order valence-corrected chi connectivity index (χ4v) is 3.93. The van der Waals surface area contributed by atoms with Crippen molar-refractivity contribution < 1.29 is 5.11 Å². The lowest BCUT2D eigenvalue weighted by molar-refractivity contribution is 0.126. The summed E-state index contributed by atoms with van der Waals surface area (Å²) < 4.78 is 0. The van der Waals surface area contributed by atoms with Gasteiger partial charge in [-0.3, -0.25) is 0 Å². The molecule has 3 atom stereocenters. The lowest BCUT2D eigenvalue weighted by atomic mass is 9.98. The van der Waals surface area contributed by atoms with Gasteiger partial charge in [0.05, 0.1) is 6.10 Å². The molecule has 0 radical (unpaired) electrons. The van der Waals surface area contributed by atoms with E-state index in [4.69, 9.17) is 4.98 Å². The Kier molecular flexibility index (Phi) is 4.45. The smallest absolute Gasteiger partial charge is 0.133 e. The van der Waals surface area contributed by atoms with Crippen molar-refractivity contribution in [1.82, 2.24) is 10.3 Å². The number of hydrogen-bond acceptors (Lipinski definition) is 4. The second-order valence-electron chi connectivity index (χ2n) is 6.51. The maximum atomic E-state index is 9.99. The Morgan fingerprint density at radius 2 is 2.10 bits per heavy atom. The van der Waals surface area contributed by atoms with Crippen LogP contribution in [0.3, 0.4) is 0 Å². The van der Waals surface area contributed by atoms with Crippen LogP contribution in [0.5, 0.6) is 0 Å². The first-order chi connectivity index (χ1) is 10.2. The molecule has 0 spiro atoms. The lowest BCUT2D eigenvalue weighted by Crippen LogP contribution is -2.46. The Bertz CT molecular complexity index is 465. The van der Waals surface area contributed by atoms with Gasteiger partial charge >= 0.3 is 0 Å². The molecule has 0 saturated carbocycles. The molecule has 4 heteroatoms. The number of nitrogens with one attached hydrogen (secondary N) is 1. The summed E-state index contributed by atoms with van der Waals surface area (Å²) in [4.78, 5) is 7.19. The first-order valence-electron chi connectivity index (χ1n) is 8.35. The van der Waals surface area contributed by atoms with E-state index in [0.717, 1.165) is 31.6 Å². The van der Waals surface area contributed by atoms with Gasteiger partial charge < -0.3 is 15.3 Å². The molecule has 2 fully saturated rings. The van der Waals surface area contributed by atoms with E-state index < -0.39 is 0 Å². The summed E-state index contributed by atoms with van der Waals surface area (Å²) in [5.74, 6) is 1.13. The highest BCUT2D eigenvalue weighted by atomic mass is 16.3. The summed E-state index contributed by atoms with van der Waals surface area (Å²) >= 11 is 0. The maximum Gasteiger partial charge on any atom is 0.133 e. The number of aromatic nitrogens is 1. The SMILES string of the molecule is CCCNC(C)c1cccnc1N1C2CCC1CC(O)C2. The second kappa shape index (κ2) is 6.32. The van der Waals surface area contributed by atoms with Crippen molar-refractivity contribution in [2.24, 2.45) is 0 Å². The molecular weight excluding hydrogens is 262 g/mol. The number of nitrogens with zero attached hydrogens (tertiary/aromatic N) is 2. The average molecular weight is 289 g/mol. The Morgan fingerprint density at radius 3 is 2.76 bits per heavy atom. The molecular formula is C17H27N3O. The van der Waals surface area contributed by atoms with Crippen molar-refractivity contribution in [3.8, 4) is 0 Å². The molecule has 1 aromatic heterocycles. The van der Waals surface area contributed by atoms with Gasteiger partial charge in [-0.05, 0) is 51.6 Å². The van der Waals surface area contributed by atoms with E-state index in [1.54, 1.807) is 0 Å². The molecule has 2 aliphatic heterocycles. The van der Waals surface area contributed by atoms with E-state index >= 15 is 0 Å². The zero-order chi connectivity index (χ0) is 14.8. The van der Waals surface area contributed by atoms with Gasteiger partial charge in [-0.25, -0.2) is 4.98 Å². The molecule has 1 aromatic rings. The Labute approximate surface area is 127 Å². The zero-order valence-electron chi connectivity index (χ0n) is 13.1. The molecule has 0 aromatic carbocycles. The van der Waals surface area contributed by atoms with Gasteiger partial charge in [0.1, 0.15) is 5.82 Å². The van der Waals surface area contributed by atoms with Crippen LogP contribution in [0, 0.1) is 0 Å². The highest BCUT2D eigenvalue weighted by Gasteiger charge is 2.41. The van der Waals surface area contributed by atoms with E-state index in [1.165, 1.54) is 18.4 Å². The molecule has 2 saturated heterocycles. The van der Waals surface area contributed by atoms with E-state index in [-0.39, 0.29) is 6.10 Å². The van der Waals surface area contributed by atoms with Crippen molar-refractivity contribution in [1.29, 1.82) is 0 Å². The third kappa shape index (κ3) is 2.92.